The minimum absolute atomic E-state index is 0.0719. The molecule has 0 spiro atoms. The number of unbranched alkanes of at least 4 members (excludes halogenated alkanes) is 28. The highest BCUT2D eigenvalue weighted by atomic mass is 31.2. The van der Waals surface area contributed by atoms with Crippen molar-refractivity contribution in [2.75, 3.05) is 39.6 Å². The highest BCUT2D eigenvalue weighted by Gasteiger charge is 2.30. The summed E-state index contributed by atoms with van der Waals surface area (Å²) in [6, 6.07) is 0. The van der Waals surface area contributed by atoms with E-state index in [2.05, 4.69) is 174 Å². The number of aliphatic hydroxyl groups is 1. The maximum atomic E-state index is 13.1. The van der Waals surface area contributed by atoms with Crippen LogP contribution < -0.4 is 0 Å². The SMILES string of the molecule is CC/C=C\C/C=C\C/C=C\C/C=C\C/C=C\CCCCCC(=O)OCC(COP(=O)(O)OCC(O)COP(=O)(O)OCC(COC(=O)CCCCCC/C=C\C/C=C\C/C=C\C/C=C\CC)OC(=O)CCCCCCCCCCCCCCCCC)OC(=O)CCCCCCCCC/C=C\C/C=C\C/C=C\CC. The average molecular weight is 1550 g/mol. The van der Waals surface area contributed by atoms with E-state index in [1.807, 2.05) is 0 Å². The van der Waals surface area contributed by atoms with E-state index >= 15 is 0 Å². The maximum Gasteiger partial charge on any atom is 0.472 e. The topological polar surface area (TPSA) is 237 Å². The number of phosphoric ester groups is 2. The van der Waals surface area contributed by atoms with Gasteiger partial charge in [0, 0.05) is 25.7 Å². The predicted octanol–water partition coefficient (Wildman–Crippen LogP) is 25.0. The highest BCUT2D eigenvalue weighted by molar-refractivity contribution is 7.47. The van der Waals surface area contributed by atoms with E-state index in [4.69, 9.17) is 37.0 Å². The standard InChI is InChI=1S/C89H150O17P2/c1-5-9-13-17-21-25-29-33-37-40-41-44-47-50-54-58-62-66-70-74-87(92)100-80-85(106-89(94)76-72-68-64-60-56-52-48-43-39-35-31-27-23-19-15-11-7-3)82-104-108(97,98)102-78-83(90)77-101-107(95,96)103-81-84(105-88(93)75-71-67-63-59-55-51-45-36-32-28-24-20-16-12-8-4)79-99-86(91)73-69-65-61-57-53-49-46-42-38-34-30-26-22-18-14-10-6-2/h9-11,13-15,21-23,25-27,33-35,37-39,41,44,46,49-50,54,83-85,90H,5-8,12,16-20,24,28-32,36,40,42-43,45,47-48,51-53,55-82H2,1-4H3,(H,95,96)(H,97,98)/b13-9-,14-10-,15-11-,25-21-,26-22-,27-23-,37-33-,38-34-,39-35-,44-41-,49-46-,54-50-. The number of allylic oxidation sites excluding steroid dienone is 24. The highest BCUT2D eigenvalue weighted by Crippen LogP contribution is 2.45. The van der Waals surface area contributed by atoms with Crippen LogP contribution in [-0.4, -0.2) is 96.7 Å². The first-order valence-electron chi connectivity index (χ1n) is 42.1. The second-order valence-corrected chi connectivity index (χ2v) is 30.5. The van der Waals surface area contributed by atoms with Crippen LogP contribution in [0.2, 0.25) is 0 Å². The van der Waals surface area contributed by atoms with Crippen molar-refractivity contribution < 1.29 is 80.2 Å². The lowest BCUT2D eigenvalue weighted by Crippen LogP contribution is -2.30. The summed E-state index contributed by atoms with van der Waals surface area (Å²) in [6.07, 6.45) is 92.4. The molecular weight excluding hydrogens is 1400 g/mol. The summed E-state index contributed by atoms with van der Waals surface area (Å²) in [5.74, 6) is -2.24. The second-order valence-electron chi connectivity index (χ2n) is 27.6. The fourth-order valence-corrected chi connectivity index (χ4v) is 12.6. The van der Waals surface area contributed by atoms with Crippen LogP contribution in [0.1, 0.15) is 336 Å². The van der Waals surface area contributed by atoms with E-state index < -0.39 is 97.5 Å². The number of hydrogen-bond acceptors (Lipinski definition) is 15. The number of ether oxygens (including phenoxy) is 4. The van der Waals surface area contributed by atoms with Gasteiger partial charge in [0.05, 0.1) is 26.4 Å². The zero-order chi connectivity index (χ0) is 78.9. The molecule has 3 N–H and O–H groups in total. The summed E-state index contributed by atoms with van der Waals surface area (Å²) >= 11 is 0. The van der Waals surface area contributed by atoms with Crippen molar-refractivity contribution in [1.82, 2.24) is 0 Å². The Morgan fingerprint density at radius 1 is 0.269 bits per heavy atom. The van der Waals surface area contributed by atoms with E-state index in [0.717, 1.165) is 193 Å². The fourth-order valence-electron chi connectivity index (χ4n) is 11.0. The molecule has 0 rings (SSSR count). The number of aliphatic hydroxyl groups excluding tert-OH is 1. The number of carbonyl (C=O) groups is 4. The van der Waals surface area contributed by atoms with E-state index in [9.17, 15) is 43.2 Å². The van der Waals surface area contributed by atoms with Crippen LogP contribution in [0.15, 0.2) is 146 Å². The lowest BCUT2D eigenvalue weighted by atomic mass is 10.0. The number of rotatable bonds is 78. The molecule has 0 aliphatic rings. The Balaban J connectivity index is 5.43. The van der Waals surface area contributed by atoms with Crippen LogP contribution >= 0.6 is 15.6 Å². The van der Waals surface area contributed by atoms with Crippen molar-refractivity contribution in [3.05, 3.63) is 146 Å². The van der Waals surface area contributed by atoms with Gasteiger partial charge in [-0.15, -0.1) is 0 Å². The lowest BCUT2D eigenvalue weighted by molar-refractivity contribution is -0.161. The van der Waals surface area contributed by atoms with Gasteiger partial charge in [0.25, 0.3) is 0 Å². The molecular formula is C89H150O17P2. The molecule has 618 valence electrons. The van der Waals surface area contributed by atoms with Gasteiger partial charge < -0.3 is 33.8 Å². The minimum Gasteiger partial charge on any atom is -0.462 e. The van der Waals surface area contributed by atoms with Crippen molar-refractivity contribution in [2.45, 2.75) is 354 Å². The maximum absolute atomic E-state index is 13.1. The molecule has 0 aromatic rings. The number of carbonyl (C=O) groups excluding carboxylic acids is 4. The average Bonchev–Trinajstić information content (AvgIpc) is 0.906. The molecule has 0 saturated carbocycles. The Kier molecular flexibility index (Phi) is 76.3. The molecule has 17 nitrogen and oxygen atoms in total. The van der Waals surface area contributed by atoms with Crippen LogP contribution in [0.25, 0.3) is 0 Å². The fraction of sp³-hybridized carbons (Fsp3) is 0.685. The van der Waals surface area contributed by atoms with Crippen LogP contribution in [0.5, 0.6) is 0 Å². The van der Waals surface area contributed by atoms with Crippen LogP contribution in [0.3, 0.4) is 0 Å². The van der Waals surface area contributed by atoms with E-state index in [1.54, 1.807) is 0 Å². The molecule has 19 heteroatoms. The Bertz CT molecular complexity index is 2610. The predicted molar refractivity (Wildman–Crippen MR) is 445 cm³/mol. The summed E-state index contributed by atoms with van der Waals surface area (Å²) in [5, 5.41) is 10.7. The van der Waals surface area contributed by atoms with Gasteiger partial charge in [0.1, 0.15) is 19.3 Å². The lowest BCUT2D eigenvalue weighted by Gasteiger charge is -2.21. The first kappa shape index (κ1) is 103. The minimum atomic E-state index is -5.00. The molecule has 0 heterocycles. The molecule has 0 saturated heterocycles. The van der Waals surface area contributed by atoms with E-state index in [1.165, 1.54) is 64.2 Å². The van der Waals surface area contributed by atoms with Gasteiger partial charge >= 0.3 is 39.5 Å². The first-order valence-corrected chi connectivity index (χ1v) is 45.1. The third-order valence-corrected chi connectivity index (χ3v) is 19.2. The molecule has 108 heavy (non-hydrogen) atoms. The molecule has 5 atom stereocenters. The first-order chi connectivity index (χ1) is 52.7. The monoisotopic (exact) mass is 1550 g/mol. The Labute approximate surface area is 656 Å². The Morgan fingerprint density at radius 3 is 0.750 bits per heavy atom. The molecule has 0 radical (unpaired) electrons. The van der Waals surface area contributed by atoms with Gasteiger partial charge in [-0.3, -0.25) is 37.3 Å². The van der Waals surface area contributed by atoms with Crippen LogP contribution in [-0.2, 0) is 65.4 Å². The summed E-state index contributed by atoms with van der Waals surface area (Å²) in [7, 11) is -9.99. The number of phosphoric acid groups is 2. The largest absolute Gasteiger partial charge is 0.472 e. The zero-order valence-corrected chi connectivity index (χ0v) is 69.5. The summed E-state index contributed by atoms with van der Waals surface area (Å²) in [5.41, 5.74) is 0. The van der Waals surface area contributed by atoms with Gasteiger partial charge in [-0.25, -0.2) is 9.13 Å². The van der Waals surface area contributed by atoms with Crippen LogP contribution in [0.4, 0.5) is 0 Å². The quantitative estimate of drug-likeness (QED) is 0.0169. The van der Waals surface area contributed by atoms with E-state index in [0.29, 0.717) is 25.7 Å². The van der Waals surface area contributed by atoms with Gasteiger partial charge in [-0.1, -0.05) is 315 Å². The molecule has 0 fully saturated rings. The summed E-state index contributed by atoms with van der Waals surface area (Å²) in [4.78, 5) is 73.2. The molecule has 0 aromatic heterocycles. The summed E-state index contributed by atoms with van der Waals surface area (Å²) < 4.78 is 68.8. The Hall–Kier alpha value is -5.06. The zero-order valence-electron chi connectivity index (χ0n) is 67.7. The van der Waals surface area contributed by atoms with Gasteiger partial charge in [-0.05, 0) is 141 Å². The Morgan fingerprint density at radius 2 is 0.481 bits per heavy atom. The van der Waals surface area contributed by atoms with Crippen molar-refractivity contribution >= 4 is 39.5 Å². The van der Waals surface area contributed by atoms with Crippen molar-refractivity contribution in [1.29, 1.82) is 0 Å². The molecule has 0 bridgehead atoms. The summed E-state index contributed by atoms with van der Waals surface area (Å²) in [6.45, 7) is 4.50. The van der Waals surface area contributed by atoms with Crippen molar-refractivity contribution in [3.63, 3.8) is 0 Å². The second kappa shape index (κ2) is 80.0. The molecule has 0 amide bonds. The van der Waals surface area contributed by atoms with Crippen molar-refractivity contribution in [2.24, 2.45) is 0 Å². The molecule has 0 aliphatic heterocycles. The molecule has 5 unspecified atom stereocenters. The number of hydrogen-bond donors (Lipinski definition) is 3. The third kappa shape index (κ3) is 79.0. The molecule has 0 aliphatic carbocycles. The number of esters is 4. The molecule has 0 aromatic carbocycles. The van der Waals surface area contributed by atoms with Gasteiger partial charge in [0.2, 0.25) is 0 Å². The van der Waals surface area contributed by atoms with E-state index in [-0.39, 0.29) is 25.7 Å². The van der Waals surface area contributed by atoms with Crippen LogP contribution in [0, 0.1) is 0 Å². The smallest absolute Gasteiger partial charge is 0.462 e. The van der Waals surface area contributed by atoms with Crippen molar-refractivity contribution in [3.8, 4) is 0 Å². The van der Waals surface area contributed by atoms with Gasteiger partial charge in [-0.2, -0.15) is 0 Å². The third-order valence-electron chi connectivity index (χ3n) is 17.3. The normalized spacial score (nSPS) is 14.5. The van der Waals surface area contributed by atoms with Gasteiger partial charge in [0.15, 0.2) is 12.2 Å².